The molecular formula is C17H25N3O4S. The van der Waals surface area contributed by atoms with Crippen LogP contribution in [0, 0.1) is 5.92 Å². The van der Waals surface area contributed by atoms with E-state index in [9.17, 15) is 18.0 Å². The quantitative estimate of drug-likeness (QED) is 0.654. The van der Waals surface area contributed by atoms with Gasteiger partial charge in [0.05, 0.1) is 11.4 Å². The van der Waals surface area contributed by atoms with Crippen LogP contribution < -0.4 is 15.4 Å². The summed E-state index contributed by atoms with van der Waals surface area (Å²) < 4.78 is 26.7. The Labute approximate surface area is 148 Å². The summed E-state index contributed by atoms with van der Waals surface area (Å²) in [6.07, 6.45) is 4.59. The molecule has 1 aromatic rings. The van der Waals surface area contributed by atoms with Crippen LogP contribution in [0.4, 0.5) is 11.4 Å². The number of hydrogen-bond acceptors (Lipinski definition) is 4. The van der Waals surface area contributed by atoms with Gasteiger partial charge in [0, 0.05) is 25.6 Å². The molecule has 0 bridgehead atoms. The summed E-state index contributed by atoms with van der Waals surface area (Å²) in [5, 5.41) is 5.40. The number of nitrogens with one attached hydrogen (secondary N) is 3. The normalized spacial score (nSPS) is 14.9. The van der Waals surface area contributed by atoms with Crippen LogP contribution in [0.25, 0.3) is 0 Å². The second kappa shape index (κ2) is 8.84. The number of benzene rings is 1. The van der Waals surface area contributed by atoms with E-state index >= 15 is 0 Å². The van der Waals surface area contributed by atoms with Gasteiger partial charge in [0.25, 0.3) is 0 Å². The molecule has 0 aromatic heterocycles. The van der Waals surface area contributed by atoms with Gasteiger partial charge in [-0.25, -0.2) is 8.42 Å². The second-order valence-electron chi connectivity index (χ2n) is 6.39. The minimum Gasteiger partial charge on any atom is -0.356 e. The largest absolute Gasteiger partial charge is 0.356 e. The highest BCUT2D eigenvalue weighted by Crippen LogP contribution is 2.23. The third kappa shape index (κ3) is 7.13. The number of carbonyl (C=O) groups is 2. The maximum absolute atomic E-state index is 12.1. The highest BCUT2D eigenvalue weighted by atomic mass is 32.2. The van der Waals surface area contributed by atoms with Gasteiger partial charge < -0.3 is 10.6 Å². The van der Waals surface area contributed by atoms with E-state index in [-0.39, 0.29) is 24.0 Å². The van der Waals surface area contributed by atoms with Crippen molar-refractivity contribution in [2.24, 2.45) is 5.92 Å². The molecule has 1 saturated carbocycles. The monoisotopic (exact) mass is 367 g/mol. The van der Waals surface area contributed by atoms with Crippen molar-refractivity contribution >= 4 is 33.2 Å². The number of amides is 2. The molecule has 0 saturated heterocycles. The van der Waals surface area contributed by atoms with Crippen LogP contribution in [-0.4, -0.2) is 32.5 Å². The number of hydrogen-bond donors (Lipinski definition) is 3. The van der Waals surface area contributed by atoms with Gasteiger partial charge in [0.15, 0.2) is 0 Å². The van der Waals surface area contributed by atoms with Crippen molar-refractivity contribution < 1.29 is 18.0 Å². The zero-order valence-corrected chi connectivity index (χ0v) is 15.2. The average Bonchev–Trinajstić information content (AvgIpc) is 3.04. The van der Waals surface area contributed by atoms with Gasteiger partial charge in [-0.15, -0.1) is 0 Å². The van der Waals surface area contributed by atoms with E-state index < -0.39 is 10.0 Å². The smallest absolute Gasteiger partial charge is 0.233 e. The molecule has 138 valence electrons. The molecule has 1 aromatic carbocycles. The standard InChI is InChI=1S/C17H25N3O4S/c1-13(21)19-15-7-4-8-16(11-15)20-25(23,24)10-9-17(22)18-12-14-5-2-3-6-14/h4,7-8,11,14,20H,2-3,5-6,9-10,12H2,1H3,(H,18,22)(H,19,21). The maximum atomic E-state index is 12.1. The number of carbonyl (C=O) groups excluding carboxylic acids is 2. The van der Waals surface area contributed by atoms with E-state index in [1.54, 1.807) is 18.2 Å². The lowest BCUT2D eigenvalue weighted by molar-refractivity contribution is -0.121. The van der Waals surface area contributed by atoms with Crippen molar-refractivity contribution in [1.29, 1.82) is 0 Å². The zero-order chi connectivity index (χ0) is 18.3. The SMILES string of the molecule is CC(=O)Nc1cccc(NS(=O)(=O)CCC(=O)NCC2CCCC2)c1. The van der Waals surface area contributed by atoms with E-state index in [1.807, 2.05) is 0 Å². The van der Waals surface area contributed by atoms with Gasteiger partial charge in [0.1, 0.15) is 0 Å². The maximum Gasteiger partial charge on any atom is 0.233 e. The van der Waals surface area contributed by atoms with E-state index in [0.717, 1.165) is 12.8 Å². The molecule has 3 N–H and O–H groups in total. The van der Waals surface area contributed by atoms with E-state index in [0.29, 0.717) is 23.8 Å². The predicted octanol–water partition coefficient (Wildman–Crippen LogP) is 2.08. The van der Waals surface area contributed by atoms with E-state index in [1.165, 1.54) is 25.8 Å². The summed E-state index contributed by atoms with van der Waals surface area (Å²) in [5.74, 6) is -0.244. The van der Waals surface area contributed by atoms with Crippen molar-refractivity contribution in [3.8, 4) is 0 Å². The molecule has 7 nitrogen and oxygen atoms in total. The summed E-state index contributed by atoms with van der Waals surface area (Å²) in [5.41, 5.74) is 0.847. The molecule has 0 heterocycles. The summed E-state index contributed by atoms with van der Waals surface area (Å²) in [4.78, 5) is 22.9. The molecule has 0 radical (unpaired) electrons. The highest BCUT2D eigenvalue weighted by Gasteiger charge is 2.17. The molecule has 1 aliphatic carbocycles. The molecule has 0 aliphatic heterocycles. The molecule has 0 atom stereocenters. The van der Waals surface area contributed by atoms with Crippen LogP contribution in [0.1, 0.15) is 39.0 Å². The predicted molar refractivity (Wildman–Crippen MR) is 97.7 cm³/mol. The molecule has 2 amide bonds. The molecular weight excluding hydrogens is 342 g/mol. The first kappa shape index (κ1) is 19.2. The van der Waals surface area contributed by atoms with Crippen LogP contribution >= 0.6 is 0 Å². The summed E-state index contributed by atoms with van der Waals surface area (Å²) >= 11 is 0. The minimum absolute atomic E-state index is 0.0760. The topological polar surface area (TPSA) is 104 Å². The molecule has 25 heavy (non-hydrogen) atoms. The fourth-order valence-electron chi connectivity index (χ4n) is 2.88. The third-order valence-corrected chi connectivity index (χ3v) is 5.41. The fraction of sp³-hybridized carbons (Fsp3) is 0.529. The van der Waals surface area contributed by atoms with Crippen LogP contribution in [0.2, 0.25) is 0 Å². The van der Waals surface area contributed by atoms with Crippen LogP contribution in [-0.2, 0) is 19.6 Å². The summed E-state index contributed by atoms with van der Waals surface area (Å²) in [6, 6.07) is 6.41. The number of sulfonamides is 1. The van der Waals surface area contributed by atoms with Gasteiger partial charge in [-0.3, -0.25) is 14.3 Å². The lowest BCUT2D eigenvalue weighted by Crippen LogP contribution is -2.30. The summed E-state index contributed by atoms with van der Waals surface area (Å²) in [6.45, 7) is 2.01. The van der Waals surface area contributed by atoms with Gasteiger partial charge >= 0.3 is 0 Å². The number of rotatable bonds is 8. The Morgan fingerprint density at radius 1 is 1.16 bits per heavy atom. The molecule has 2 rings (SSSR count). The van der Waals surface area contributed by atoms with E-state index in [2.05, 4.69) is 15.4 Å². The van der Waals surface area contributed by atoms with Gasteiger partial charge in [-0.1, -0.05) is 18.9 Å². The molecule has 0 spiro atoms. The van der Waals surface area contributed by atoms with Crippen LogP contribution in [0.15, 0.2) is 24.3 Å². The summed E-state index contributed by atoms with van der Waals surface area (Å²) in [7, 11) is -3.64. The van der Waals surface area contributed by atoms with Gasteiger partial charge in [0.2, 0.25) is 21.8 Å². The lowest BCUT2D eigenvalue weighted by Gasteiger charge is -2.12. The van der Waals surface area contributed by atoms with Crippen molar-refractivity contribution in [3.05, 3.63) is 24.3 Å². The van der Waals surface area contributed by atoms with Crippen LogP contribution in [0.5, 0.6) is 0 Å². The Hall–Kier alpha value is -2.09. The Balaban J connectivity index is 1.80. The highest BCUT2D eigenvalue weighted by molar-refractivity contribution is 7.92. The lowest BCUT2D eigenvalue weighted by atomic mass is 10.1. The van der Waals surface area contributed by atoms with E-state index in [4.69, 9.17) is 0 Å². The third-order valence-electron chi connectivity index (χ3n) is 4.12. The Bertz CT molecular complexity index is 712. The molecule has 1 aliphatic rings. The minimum atomic E-state index is -3.64. The molecule has 0 unspecified atom stereocenters. The van der Waals surface area contributed by atoms with Crippen molar-refractivity contribution in [3.63, 3.8) is 0 Å². The van der Waals surface area contributed by atoms with Crippen LogP contribution in [0.3, 0.4) is 0 Å². The van der Waals surface area contributed by atoms with Crippen molar-refractivity contribution in [2.45, 2.75) is 39.0 Å². The Morgan fingerprint density at radius 2 is 1.84 bits per heavy atom. The average molecular weight is 367 g/mol. The van der Waals surface area contributed by atoms with Gasteiger partial charge in [-0.2, -0.15) is 0 Å². The van der Waals surface area contributed by atoms with Crippen molar-refractivity contribution in [1.82, 2.24) is 5.32 Å². The van der Waals surface area contributed by atoms with Crippen molar-refractivity contribution in [2.75, 3.05) is 22.3 Å². The molecule has 8 heteroatoms. The van der Waals surface area contributed by atoms with Gasteiger partial charge in [-0.05, 0) is 37.0 Å². The Kier molecular flexibility index (Phi) is 6.81. The first-order chi connectivity index (χ1) is 11.8. The number of anilines is 2. The second-order valence-corrected chi connectivity index (χ2v) is 8.23. The first-order valence-corrected chi connectivity index (χ1v) is 10.1. The zero-order valence-electron chi connectivity index (χ0n) is 14.4. The fourth-order valence-corrected chi connectivity index (χ4v) is 3.92. The Morgan fingerprint density at radius 3 is 2.52 bits per heavy atom. The molecule has 1 fully saturated rings. The first-order valence-electron chi connectivity index (χ1n) is 8.49.